The van der Waals surface area contributed by atoms with E-state index in [9.17, 15) is 9.59 Å². The molecule has 0 radical (unpaired) electrons. The van der Waals surface area contributed by atoms with Gasteiger partial charge in [0.25, 0.3) is 5.91 Å². The number of nitrogens with zero attached hydrogens (tertiary/aromatic N) is 5. The predicted molar refractivity (Wildman–Crippen MR) is 111 cm³/mol. The molecule has 0 aliphatic carbocycles. The number of fused-ring (bicyclic) bond motifs is 2. The molecule has 152 valence electrons. The first-order valence-corrected chi connectivity index (χ1v) is 9.98. The number of nitrogens with one attached hydrogen (secondary N) is 1. The lowest BCUT2D eigenvalue weighted by atomic mass is 10.1. The Balaban J connectivity index is 1.42. The van der Waals surface area contributed by atoms with E-state index in [-0.39, 0.29) is 17.6 Å². The molecule has 1 atom stereocenters. The quantitative estimate of drug-likeness (QED) is 0.705. The van der Waals surface area contributed by atoms with Crippen LogP contribution in [0.25, 0.3) is 10.9 Å². The summed E-state index contributed by atoms with van der Waals surface area (Å²) in [5.41, 5.74) is 1.43. The maximum absolute atomic E-state index is 12.7. The van der Waals surface area contributed by atoms with E-state index in [1.54, 1.807) is 21.5 Å². The zero-order chi connectivity index (χ0) is 20.4. The third-order valence-corrected chi connectivity index (χ3v) is 5.38. The number of amides is 1. The van der Waals surface area contributed by atoms with Gasteiger partial charge >= 0.3 is 5.69 Å². The van der Waals surface area contributed by atoms with Gasteiger partial charge in [-0.05, 0) is 51.2 Å². The second kappa shape index (κ2) is 8.16. The van der Waals surface area contributed by atoms with Gasteiger partial charge in [0.1, 0.15) is 5.82 Å². The first-order valence-electron chi connectivity index (χ1n) is 9.98. The van der Waals surface area contributed by atoms with Crippen LogP contribution in [-0.2, 0) is 19.5 Å². The number of benzene rings is 1. The highest BCUT2D eigenvalue weighted by Gasteiger charge is 2.22. The van der Waals surface area contributed by atoms with Crippen LogP contribution in [-0.4, -0.2) is 56.8 Å². The fraction of sp³-hybridized carbons (Fsp3) is 0.429. The minimum atomic E-state index is -0.0938. The van der Waals surface area contributed by atoms with Crippen LogP contribution in [0.5, 0.6) is 0 Å². The molecule has 0 saturated carbocycles. The standard InChI is InChI=1S/C21H26N6O2/c1-25(2)12-13-27-21(29)26-11-9-17(6-8-19(26)24-27)23-20(28)16-5-7-18-15(14-16)4-3-10-22-18/h3-5,7,10,14,17H,6,8-9,11-13H2,1-2H3,(H,23,28). The SMILES string of the molecule is CN(C)CCn1nc2n(c1=O)CCC(NC(=O)c1ccc3ncccc3c1)CC2. The maximum Gasteiger partial charge on any atom is 0.345 e. The molecular formula is C21H26N6O2. The average molecular weight is 394 g/mol. The lowest BCUT2D eigenvalue weighted by Gasteiger charge is -2.16. The number of likely N-dealkylation sites (N-methyl/N-ethyl adjacent to an activating group) is 1. The van der Waals surface area contributed by atoms with Crippen LogP contribution in [0.3, 0.4) is 0 Å². The zero-order valence-electron chi connectivity index (χ0n) is 16.8. The third kappa shape index (κ3) is 4.22. The molecule has 2 aromatic heterocycles. The monoisotopic (exact) mass is 394 g/mol. The molecule has 1 N–H and O–H groups in total. The molecule has 0 fully saturated rings. The number of hydrogen-bond donors (Lipinski definition) is 1. The zero-order valence-corrected chi connectivity index (χ0v) is 16.8. The number of carbonyl (C=O) groups excluding carboxylic acids is 1. The van der Waals surface area contributed by atoms with E-state index in [2.05, 4.69) is 15.4 Å². The van der Waals surface area contributed by atoms with E-state index >= 15 is 0 Å². The fourth-order valence-electron chi connectivity index (χ4n) is 3.70. The van der Waals surface area contributed by atoms with Crippen LogP contribution in [0, 0.1) is 0 Å². The first-order chi connectivity index (χ1) is 14.0. The Labute approximate surface area is 169 Å². The molecule has 1 unspecified atom stereocenters. The molecule has 0 saturated heterocycles. The molecule has 4 rings (SSSR count). The smallest absolute Gasteiger partial charge is 0.345 e. The van der Waals surface area contributed by atoms with Gasteiger partial charge < -0.3 is 10.2 Å². The van der Waals surface area contributed by atoms with Crippen molar-refractivity contribution < 1.29 is 4.79 Å². The van der Waals surface area contributed by atoms with Crippen molar-refractivity contribution in [2.75, 3.05) is 20.6 Å². The second-order valence-corrected chi connectivity index (χ2v) is 7.79. The molecular weight excluding hydrogens is 368 g/mol. The molecule has 3 heterocycles. The number of pyridine rings is 1. The van der Waals surface area contributed by atoms with Crippen LogP contribution in [0.4, 0.5) is 0 Å². The summed E-state index contributed by atoms with van der Waals surface area (Å²) in [6.07, 6.45) is 3.90. The van der Waals surface area contributed by atoms with Gasteiger partial charge in [-0.3, -0.25) is 14.3 Å². The number of aromatic nitrogens is 4. The molecule has 0 bridgehead atoms. The van der Waals surface area contributed by atoms with Gasteiger partial charge in [0.2, 0.25) is 0 Å². The van der Waals surface area contributed by atoms with Crippen molar-refractivity contribution in [2.45, 2.75) is 38.4 Å². The van der Waals surface area contributed by atoms with Gasteiger partial charge in [0, 0.05) is 42.7 Å². The minimum Gasteiger partial charge on any atom is -0.349 e. The topological polar surface area (TPSA) is 85.0 Å². The molecule has 8 heteroatoms. The van der Waals surface area contributed by atoms with Gasteiger partial charge in [-0.25, -0.2) is 9.48 Å². The van der Waals surface area contributed by atoms with Crippen molar-refractivity contribution >= 4 is 16.8 Å². The van der Waals surface area contributed by atoms with Crippen LogP contribution >= 0.6 is 0 Å². The Kier molecular flexibility index (Phi) is 5.44. The Morgan fingerprint density at radius 2 is 2.14 bits per heavy atom. The van der Waals surface area contributed by atoms with E-state index in [4.69, 9.17) is 0 Å². The lowest BCUT2D eigenvalue weighted by molar-refractivity contribution is 0.0933. The van der Waals surface area contributed by atoms with E-state index in [0.29, 0.717) is 31.5 Å². The van der Waals surface area contributed by atoms with Crippen molar-refractivity contribution in [1.82, 2.24) is 29.5 Å². The van der Waals surface area contributed by atoms with Crippen molar-refractivity contribution in [2.24, 2.45) is 0 Å². The third-order valence-electron chi connectivity index (χ3n) is 5.38. The lowest BCUT2D eigenvalue weighted by Crippen LogP contribution is -2.36. The van der Waals surface area contributed by atoms with E-state index in [0.717, 1.165) is 29.7 Å². The van der Waals surface area contributed by atoms with E-state index < -0.39 is 0 Å². The Bertz CT molecular complexity index is 1080. The van der Waals surface area contributed by atoms with Crippen molar-refractivity contribution in [3.63, 3.8) is 0 Å². The number of hydrogen-bond acceptors (Lipinski definition) is 5. The van der Waals surface area contributed by atoms with Crippen LogP contribution in [0.15, 0.2) is 41.3 Å². The van der Waals surface area contributed by atoms with Crippen molar-refractivity contribution in [3.05, 3.63) is 58.4 Å². The summed E-state index contributed by atoms with van der Waals surface area (Å²) in [6, 6.07) is 9.36. The van der Waals surface area contributed by atoms with Gasteiger partial charge in [-0.2, -0.15) is 5.10 Å². The summed E-state index contributed by atoms with van der Waals surface area (Å²) in [6.45, 7) is 1.93. The van der Waals surface area contributed by atoms with Gasteiger partial charge in [-0.15, -0.1) is 0 Å². The molecule has 3 aromatic rings. The molecule has 29 heavy (non-hydrogen) atoms. The first kappa shape index (κ1) is 19.3. The van der Waals surface area contributed by atoms with Gasteiger partial charge in [0.05, 0.1) is 12.1 Å². The average Bonchev–Trinajstić information content (AvgIpc) is 2.88. The Hall–Kier alpha value is -3.00. The summed E-state index contributed by atoms with van der Waals surface area (Å²) in [5.74, 6) is 0.714. The molecule has 1 aliphatic heterocycles. The van der Waals surface area contributed by atoms with Crippen molar-refractivity contribution in [1.29, 1.82) is 0 Å². The summed E-state index contributed by atoms with van der Waals surface area (Å²) < 4.78 is 3.31. The Morgan fingerprint density at radius 1 is 1.28 bits per heavy atom. The van der Waals surface area contributed by atoms with Gasteiger partial charge in [-0.1, -0.05) is 6.07 Å². The summed E-state index contributed by atoms with van der Waals surface area (Å²) in [5, 5.41) is 8.58. The summed E-state index contributed by atoms with van der Waals surface area (Å²) in [7, 11) is 3.96. The largest absolute Gasteiger partial charge is 0.349 e. The fourth-order valence-corrected chi connectivity index (χ4v) is 3.70. The molecule has 1 aromatic carbocycles. The van der Waals surface area contributed by atoms with Gasteiger partial charge in [0.15, 0.2) is 0 Å². The van der Waals surface area contributed by atoms with Crippen LogP contribution in [0.2, 0.25) is 0 Å². The number of carbonyl (C=O) groups is 1. The van der Waals surface area contributed by atoms with Crippen molar-refractivity contribution in [3.8, 4) is 0 Å². The minimum absolute atomic E-state index is 0.0171. The second-order valence-electron chi connectivity index (χ2n) is 7.79. The van der Waals surface area contributed by atoms with E-state index in [1.165, 1.54) is 0 Å². The Morgan fingerprint density at radius 3 is 2.97 bits per heavy atom. The molecule has 1 amide bonds. The predicted octanol–water partition coefficient (Wildman–Crippen LogP) is 1.29. The van der Waals surface area contributed by atoms with Crippen LogP contribution in [0.1, 0.15) is 29.0 Å². The highest BCUT2D eigenvalue weighted by molar-refractivity contribution is 5.98. The maximum atomic E-state index is 12.7. The summed E-state index contributed by atoms with van der Waals surface area (Å²) >= 11 is 0. The summed E-state index contributed by atoms with van der Waals surface area (Å²) in [4.78, 5) is 31.7. The molecule has 0 spiro atoms. The molecule has 1 aliphatic rings. The molecule has 8 nitrogen and oxygen atoms in total. The highest BCUT2D eigenvalue weighted by atomic mass is 16.2. The number of aryl methyl sites for hydroxylation is 1. The number of rotatable bonds is 5. The van der Waals surface area contributed by atoms with Crippen LogP contribution < -0.4 is 11.0 Å². The van der Waals surface area contributed by atoms with E-state index in [1.807, 2.05) is 43.3 Å². The highest BCUT2D eigenvalue weighted by Crippen LogP contribution is 2.16. The normalized spacial score (nSPS) is 16.6.